The largest absolute Gasteiger partial charge is 0.314 e. The van der Waals surface area contributed by atoms with Crippen LogP contribution in [0.1, 0.15) is 40.0 Å². The van der Waals surface area contributed by atoms with Gasteiger partial charge in [-0.25, -0.2) is 0 Å². The summed E-state index contributed by atoms with van der Waals surface area (Å²) in [5.41, 5.74) is 1.04. The van der Waals surface area contributed by atoms with Gasteiger partial charge in [0, 0.05) is 25.4 Å². The molecule has 0 radical (unpaired) electrons. The van der Waals surface area contributed by atoms with E-state index in [0.29, 0.717) is 24.7 Å². The lowest BCUT2D eigenvalue weighted by atomic mass is 10.1. The number of nitrogens with one attached hydrogen (secondary N) is 1. The normalized spacial score (nSPS) is 10.5. The average molecular weight is 183 g/mol. The number of hydrogen-bond donors (Lipinski definition) is 1. The SMILES string of the molecule is C=C(CC)CC(=O)CCNC(C)C. The molecule has 1 N–H and O–H groups in total. The van der Waals surface area contributed by atoms with Crippen LogP contribution in [-0.4, -0.2) is 18.4 Å². The first-order valence-electron chi connectivity index (χ1n) is 4.98. The van der Waals surface area contributed by atoms with E-state index in [0.717, 1.165) is 18.5 Å². The molecule has 0 rings (SSSR count). The van der Waals surface area contributed by atoms with Crippen molar-refractivity contribution < 1.29 is 4.79 Å². The Morgan fingerprint density at radius 1 is 1.46 bits per heavy atom. The summed E-state index contributed by atoms with van der Waals surface area (Å²) in [6, 6.07) is 0.460. The van der Waals surface area contributed by atoms with Gasteiger partial charge in [0.05, 0.1) is 0 Å². The Morgan fingerprint density at radius 2 is 2.08 bits per heavy atom. The minimum atomic E-state index is 0.292. The van der Waals surface area contributed by atoms with Crippen LogP contribution >= 0.6 is 0 Å². The molecule has 0 unspecified atom stereocenters. The van der Waals surface area contributed by atoms with E-state index in [1.165, 1.54) is 0 Å². The number of ketones is 1. The monoisotopic (exact) mass is 183 g/mol. The molecule has 2 heteroatoms. The molecular formula is C11H21NO. The minimum Gasteiger partial charge on any atom is -0.314 e. The van der Waals surface area contributed by atoms with Gasteiger partial charge in [-0.15, -0.1) is 0 Å². The highest BCUT2D eigenvalue weighted by molar-refractivity contribution is 5.80. The van der Waals surface area contributed by atoms with Gasteiger partial charge >= 0.3 is 0 Å². The maximum atomic E-state index is 11.3. The lowest BCUT2D eigenvalue weighted by molar-refractivity contribution is -0.118. The fraction of sp³-hybridized carbons (Fsp3) is 0.727. The third-order valence-corrected chi connectivity index (χ3v) is 1.90. The summed E-state index contributed by atoms with van der Waals surface area (Å²) in [5.74, 6) is 0.292. The highest BCUT2D eigenvalue weighted by Crippen LogP contribution is 2.04. The molecule has 0 bridgehead atoms. The predicted octanol–water partition coefficient (Wildman–Crippen LogP) is 2.30. The van der Waals surface area contributed by atoms with Crippen molar-refractivity contribution >= 4 is 5.78 Å². The van der Waals surface area contributed by atoms with Gasteiger partial charge < -0.3 is 5.32 Å². The van der Waals surface area contributed by atoms with E-state index in [-0.39, 0.29) is 0 Å². The average Bonchev–Trinajstić information content (AvgIpc) is 2.03. The van der Waals surface area contributed by atoms with Crippen LogP contribution in [0.3, 0.4) is 0 Å². The van der Waals surface area contributed by atoms with Crippen molar-refractivity contribution in [1.29, 1.82) is 0 Å². The van der Waals surface area contributed by atoms with Crippen molar-refractivity contribution in [3.05, 3.63) is 12.2 Å². The Hall–Kier alpha value is -0.630. The standard InChI is InChI=1S/C11H21NO/c1-5-10(4)8-11(13)6-7-12-9(2)3/h9,12H,4-8H2,1-3H3. The minimum absolute atomic E-state index is 0.292. The van der Waals surface area contributed by atoms with Gasteiger partial charge in [0.2, 0.25) is 0 Å². The summed E-state index contributed by atoms with van der Waals surface area (Å²) in [6.45, 7) is 10.8. The molecule has 76 valence electrons. The van der Waals surface area contributed by atoms with Gasteiger partial charge in [0.25, 0.3) is 0 Å². The van der Waals surface area contributed by atoms with Crippen LogP contribution in [0, 0.1) is 0 Å². The number of carbonyl (C=O) groups excluding carboxylic acids is 1. The van der Waals surface area contributed by atoms with Crippen molar-refractivity contribution in [1.82, 2.24) is 5.32 Å². The van der Waals surface area contributed by atoms with Crippen LogP contribution in [0.2, 0.25) is 0 Å². The van der Waals surface area contributed by atoms with Crippen LogP contribution in [0.25, 0.3) is 0 Å². The fourth-order valence-electron chi connectivity index (χ4n) is 0.992. The molecule has 0 aromatic rings. The van der Waals surface area contributed by atoms with E-state index >= 15 is 0 Å². The molecule has 13 heavy (non-hydrogen) atoms. The second kappa shape index (κ2) is 6.84. The van der Waals surface area contributed by atoms with Crippen LogP contribution in [0.5, 0.6) is 0 Å². The van der Waals surface area contributed by atoms with Gasteiger partial charge in [-0.05, 0) is 6.42 Å². The fourth-order valence-corrected chi connectivity index (χ4v) is 0.992. The van der Waals surface area contributed by atoms with Gasteiger partial charge in [0.1, 0.15) is 5.78 Å². The van der Waals surface area contributed by atoms with Gasteiger partial charge in [-0.2, -0.15) is 0 Å². The molecule has 2 nitrogen and oxygen atoms in total. The Labute approximate surface area is 81.4 Å². The number of Topliss-reactive ketones (excluding diaryl/α,β-unsaturated/α-hetero) is 1. The Morgan fingerprint density at radius 3 is 2.54 bits per heavy atom. The maximum Gasteiger partial charge on any atom is 0.138 e. The van der Waals surface area contributed by atoms with E-state index in [4.69, 9.17) is 0 Å². The Kier molecular flexibility index (Phi) is 6.51. The summed E-state index contributed by atoms with van der Waals surface area (Å²) in [5, 5.41) is 3.22. The number of allylic oxidation sites excluding steroid dienone is 1. The van der Waals surface area contributed by atoms with Crippen LogP contribution in [0.4, 0.5) is 0 Å². The quantitative estimate of drug-likeness (QED) is 0.614. The molecular weight excluding hydrogens is 162 g/mol. The summed E-state index contributed by atoms with van der Waals surface area (Å²) >= 11 is 0. The third-order valence-electron chi connectivity index (χ3n) is 1.90. The molecule has 0 heterocycles. The molecule has 0 atom stereocenters. The zero-order chi connectivity index (χ0) is 10.3. The van der Waals surface area contributed by atoms with E-state index < -0.39 is 0 Å². The third kappa shape index (κ3) is 7.72. The second-order valence-electron chi connectivity index (χ2n) is 3.68. The lowest BCUT2D eigenvalue weighted by Gasteiger charge is -2.07. The summed E-state index contributed by atoms with van der Waals surface area (Å²) in [6.07, 6.45) is 2.08. The first-order valence-corrected chi connectivity index (χ1v) is 4.98. The summed E-state index contributed by atoms with van der Waals surface area (Å²) in [4.78, 5) is 11.3. The van der Waals surface area contributed by atoms with Crippen LogP contribution in [-0.2, 0) is 4.79 Å². The predicted molar refractivity (Wildman–Crippen MR) is 56.8 cm³/mol. The maximum absolute atomic E-state index is 11.3. The van der Waals surface area contributed by atoms with Crippen LogP contribution < -0.4 is 5.32 Å². The molecule has 0 amide bonds. The molecule has 0 saturated carbocycles. The molecule has 0 aromatic carbocycles. The van der Waals surface area contributed by atoms with Crippen molar-refractivity contribution in [2.24, 2.45) is 0 Å². The Balaban J connectivity index is 3.46. The molecule has 0 aliphatic heterocycles. The first-order chi connectivity index (χ1) is 6.06. The number of carbonyl (C=O) groups is 1. The van der Waals surface area contributed by atoms with Crippen molar-refractivity contribution in [2.45, 2.75) is 46.1 Å². The van der Waals surface area contributed by atoms with Gasteiger partial charge in [-0.1, -0.05) is 32.9 Å². The second-order valence-corrected chi connectivity index (χ2v) is 3.68. The first kappa shape index (κ1) is 12.4. The molecule has 0 aromatic heterocycles. The molecule has 0 saturated heterocycles. The molecule has 0 spiro atoms. The van der Waals surface area contributed by atoms with Crippen molar-refractivity contribution in [2.75, 3.05) is 6.54 Å². The summed E-state index contributed by atoms with van der Waals surface area (Å²) < 4.78 is 0. The molecule has 0 aliphatic carbocycles. The van der Waals surface area contributed by atoms with Gasteiger partial charge in [-0.3, -0.25) is 4.79 Å². The van der Waals surface area contributed by atoms with E-state index in [1.807, 2.05) is 6.92 Å². The van der Waals surface area contributed by atoms with E-state index in [1.54, 1.807) is 0 Å². The molecule has 0 aliphatic rings. The smallest absolute Gasteiger partial charge is 0.138 e. The highest BCUT2D eigenvalue weighted by Gasteiger charge is 2.03. The highest BCUT2D eigenvalue weighted by atomic mass is 16.1. The zero-order valence-corrected chi connectivity index (χ0v) is 9.02. The number of hydrogen-bond acceptors (Lipinski definition) is 2. The summed E-state index contributed by atoms with van der Waals surface area (Å²) in [7, 11) is 0. The number of rotatable bonds is 7. The lowest BCUT2D eigenvalue weighted by Crippen LogP contribution is -2.25. The van der Waals surface area contributed by atoms with Crippen molar-refractivity contribution in [3.63, 3.8) is 0 Å². The van der Waals surface area contributed by atoms with E-state index in [9.17, 15) is 4.79 Å². The zero-order valence-electron chi connectivity index (χ0n) is 9.02. The van der Waals surface area contributed by atoms with E-state index in [2.05, 4.69) is 25.7 Å². The van der Waals surface area contributed by atoms with Gasteiger partial charge in [0.15, 0.2) is 0 Å². The van der Waals surface area contributed by atoms with Crippen LogP contribution in [0.15, 0.2) is 12.2 Å². The topological polar surface area (TPSA) is 29.1 Å². The molecule has 0 fully saturated rings. The van der Waals surface area contributed by atoms with Crippen molar-refractivity contribution in [3.8, 4) is 0 Å². The Bertz CT molecular complexity index is 173.